The van der Waals surface area contributed by atoms with Crippen molar-refractivity contribution in [2.75, 3.05) is 0 Å². The molecule has 0 saturated carbocycles. The van der Waals surface area contributed by atoms with Crippen molar-refractivity contribution >= 4 is 23.4 Å². The molecule has 6 heteroatoms. The van der Waals surface area contributed by atoms with E-state index in [4.69, 9.17) is 22.6 Å². The van der Waals surface area contributed by atoms with Crippen molar-refractivity contribution in [2.45, 2.75) is 25.3 Å². The number of benzene rings is 1. The molecule has 5 nitrogen and oxygen atoms in total. The van der Waals surface area contributed by atoms with Crippen LogP contribution in [-0.4, -0.2) is 17.9 Å². The third kappa shape index (κ3) is 4.60. The summed E-state index contributed by atoms with van der Waals surface area (Å²) in [6.45, 7) is 0. The van der Waals surface area contributed by atoms with Crippen molar-refractivity contribution < 1.29 is 9.59 Å². The zero-order valence-corrected chi connectivity index (χ0v) is 11.0. The second-order valence-corrected chi connectivity index (χ2v) is 4.37. The highest BCUT2D eigenvalue weighted by molar-refractivity contribution is 6.33. The van der Waals surface area contributed by atoms with Gasteiger partial charge in [-0.3, -0.25) is 9.59 Å². The molecular formula is C13H14ClN3O2. The van der Waals surface area contributed by atoms with Gasteiger partial charge in [-0.2, -0.15) is 5.26 Å². The maximum atomic E-state index is 11.9. The standard InChI is InChI=1S/C13H14ClN3O2/c14-10-6-2-1-5-9(10)13(19)17-11(12(16)18)7-3-4-8-15/h1-2,5-6,11H,3-4,7H2,(H2,16,18)(H,17,19)/t11-/m0/s1. The Morgan fingerprint density at radius 2 is 2.11 bits per heavy atom. The molecule has 0 spiro atoms. The molecule has 0 fully saturated rings. The summed E-state index contributed by atoms with van der Waals surface area (Å²) in [5, 5.41) is 11.3. The first kappa shape index (κ1) is 15.0. The molecule has 3 N–H and O–H groups in total. The number of halogens is 1. The van der Waals surface area contributed by atoms with E-state index in [0.717, 1.165) is 0 Å². The molecule has 0 aliphatic heterocycles. The Bertz CT molecular complexity index is 511. The number of rotatable bonds is 6. The van der Waals surface area contributed by atoms with E-state index in [2.05, 4.69) is 5.32 Å². The molecule has 1 atom stereocenters. The van der Waals surface area contributed by atoms with Crippen LogP contribution in [0.15, 0.2) is 24.3 Å². The Morgan fingerprint density at radius 1 is 1.42 bits per heavy atom. The molecule has 0 unspecified atom stereocenters. The zero-order chi connectivity index (χ0) is 14.3. The predicted octanol–water partition coefficient (Wildman–Crippen LogP) is 1.62. The highest BCUT2D eigenvalue weighted by Crippen LogP contribution is 2.15. The molecule has 0 aromatic heterocycles. The summed E-state index contributed by atoms with van der Waals surface area (Å²) in [6.07, 6.45) is 1.14. The Hall–Kier alpha value is -2.06. The smallest absolute Gasteiger partial charge is 0.253 e. The average molecular weight is 280 g/mol. The van der Waals surface area contributed by atoms with E-state index >= 15 is 0 Å². The van der Waals surface area contributed by atoms with E-state index < -0.39 is 17.9 Å². The highest BCUT2D eigenvalue weighted by atomic mass is 35.5. The first-order valence-corrected chi connectivity index (χ1v) is 6.15. The van der Waals surface area contributed by atoms with Gasteiger partial charge in [-0.05, 0) is 25.0 Å². The van der Waals surface area contributed by atoms with E-state index in [0.29, 0.717) is 24.3 Å². The second-order valence-electron chi connectivity index (χ2n) is 3.96. The van der Waals surface area contributed by atoms with Crippen molar-refractivity contribution in [1.82, 2.24) is 5.32 Å². The number of primary amides is 1. The predicted molar refractivity (Wildman–Crippen MR) is 71.4 cm³/mol. The number of nitriles is 1. The van der Waals surface area contributed by atoms with Gasteiger partial charge >= 0.3 is 0 Å². The topological polar surface area (TPSA) is 96.0 Å². The molecule has 19 heavy (non-hydrogen) atoms. The molecule has 0 radical (unpaired) electrons. The Kier molecular flexibility index (Phi) is 5.83. The zero-order valence-electron chi connectivity index (χ0n) is 10.2. The van der Waals surface area contributed by atoms with Gasteiger partial charge in [0.05, 0.1) is 16.7 Å². The first-order chi connectivity index (χ1) is 9.06. The van der Waals surface area contributed by atoms with Crippen LogP contribution in [0.3, 0.4) is 0 Å². The summed E-state index contributed by atoms with van der Waals surface area (Å²) in [6, 6.07) is 7.71. The Labute approximate surface area is 116 Å². The molecule has 1 rings (SSSR count). The van der Waals surface area contributed by atoms with Gasteiger partial charge in [0.25, 0.3) is 5.91 Å². The van der Waals surface area contributed by atoms with Crippen LogP contribution in [-0.2, 0) is 4.79 Å². The molecule has 1 aromatic rings. The summed E-state index contributed by atoms with van der Waals surface area (Å²) in [4.78, 5) is 23.2. The number of amides is 2. The number of nitrogens with two attached hydrogens (primary N) is 1. The number of carbonyl (C=O) groups is 2. The van der Waals surface area contributed by atoms with Gasteiger partial charge in [-0.1, -0.05) is 23.7 Å². The van der Waals surface area contributed by atoms with Crippen LogP contribution in [0.5, 0.6) is 0 Å². The van der Waals surface area contributed by atoms with Gasteiger partial charge in [0.1, 0.15) is 6.04 Å². The molecule has 0 bridgehead atoms. The quantitative estimate of drug-likeness (QED) is 0.774. The molecule has 2 amide bonds. The van der Waals surface area contributed by atoms with Gasteiger partial charge in [-0.25, -0.2) is 0 Å². The lowest BCUT2D eigenvalue weighted by Crippen LogP contribution is -2.44. The summed E-state index contributed by atoms with van der Waals surface area (Å²) < 4.78 is 0. The minimum atomic E-state index is -0.794. The van der Waals surface area contributed by atoms with Crippen LogP contribution in [0.2, 0.25) is 5.02 Å². The monoisotopic (exact) mass is 279 g/mol. The Balaban J connectivity index is 2.69. The highest BCUT2D eigenvalue weighted by Gasteiger charge is 2.19. The van der Waals surface area contributed by atoms with Gasteiger partial charge in [0.2, 0.25) is 5.91 Å². The first-order valence-electron chi connectivity index (χ1n) is 5.78. The summed E-state index contributed by atoms with van der Waals surface area (Å²) in [5.74, 6) is -1.08. The average Bonchev–Trinajstić information content (AvgIpc) is 2.38. The lowest BCUT2D eigenvalue weighted by atomic mass is 10.1. The number of nitrogens with zero attached hydrogens (tertiary/aromatic N) is 1. The van der Waals surface area contributed by atoms with Crippen LogP contribution in [0, 0.1) is 11.3 Å². The van der Waals surface area contributed by atoms with Gasteiger partial charge in [0.15, 0.2) is 0 Å². The van der Waals surface area contributed by atoms with E-state index in [9.17, 15) is 9.59 Å². The number of nitrogens with one attached hydrogen (secondary N) is 1. The lowest BCUT2D eigenvalue weighted by molar-refractivity contribution is -0.120. The molecule has 0 aliphatic rings. The van der Waals surface area contributed by atoms with Gasteiger partial charge in [0, 0.05) is 6.42 Å². The van der Waals surface area contributed by atoms with Crippen molar-refractivity contribution in [1.29, 1.82) is 5.26 Å². The van der Waals surface area contributed by atoms with E-state index in [-0.39, 0.29) is 5.56 Å². The minimum Gasteiger partial charge on any atom is -0.368 e. The largest absolute Gasteiger partial charge is 0.368 e. The normalized spacial score (nSPS) is 11.4. The molecule has 100 valence electrons. The van der Waals surface area contributed by atoms with Crippen molar-refractivity contribution in [3.63, 3.8) is 0 Å². The maximum Gasteiger partial charge on any atom is 0.253 e. The van der Waals surface area contributed by atoms with Crippen molar-refractivity contribution in [3.05, 3.63) is 34.9 Å². The van der Waals surface area contributed by atoms with Crippen LogP contribution in [0.4, 0.5) is 0 Å². The molecule has 1 aromatic carbocycles. The molecule has 0 heterocycles. The van der Waals surface area contributed by atoms with Crippen LogP contribution >= 0.6 is 11.6 Å². The molecular weight excluding hydrogens is 266 g/mol. The Morgan fingerprint density at radius 3 is 2.68 bits per heavy atom. The van der Waals surface area contributed by atoms with Crippen LogP contribution < -0.4 is 11.1 Å². The third-order valence-corrected chi connectivity index (χ3v) is 2.88. The minimum absolute atomic E-state index is 0.288. The van der Waals surface area contributed by atoms with E-state index in [1.165, 1.54) is 0 Å². The second kappa shape index (κ2) is 7.39. The van der Waals surface area contributed by atoms with E-state index in [1.54, 1.807) is 24.3 Å². The third-order valence-electron chi connectivity index (χ3n) is 2.55. The number of unbranched alkanes of at least 4 members (excludes halogenated alkanes) is 1. The van der Waals surface area contributed by atoms with E-state index in [1.807, 2.05) is 6.07 Å². The number of hydrogen-bond donors (Lipinski definition) is 2. The number of hydrogen-bond acceptors (Lipinski definition) is 3. The molecule has 0 saturated heterocycles. The van der Waals surface area contributed by atoms with Crippen LogP contribution in [0.1, 0.15) is 29.6 Å². The summed E-state index contributed by atoms with van der Waals surface area (Å²) in [7, 11) is 0. The van der Waals surface area contributed by atoms with Gasteiger partial charge < -0.3 is 11.1 Å². The summed E-state index contributed by atoms with van der Waals surface area (Å²) >= 11 is 5.89. The fourth-order valence-corrected chi connectivity index (χ4v) is 1.77. The van der Waals surface area contributed by atoms with Crippen molar-refractivity contribution in [2.24, 2.45) is 5.73 Å². The van der Waals surface area contributed by atoms with Gasteiger partial charge in [-0.15, -0.1) is 0 Å². The fraction of sp³-hybridized carbons (Fsp3) is 0.308. The summed E-state index contributed by atoms with van der Waals surface area (Å²) in [5.41, 5.74) is 5.50. The molecule has 0 aliphatic carbocycles. The maximum absolute atomic E-state index is 11.9. The SMILES string of the molecule is N#CCCC[C@H](NC(=O)c1ccccc1Cl)C(N)=O. The lowest BCUT2D eigenvalue weighted by Gasteiger charge is -2.15. The van der Waals surface area contributed by atoms with Crippen LogP contribution in [0.25, 0.3) is 0 Å². The van der Waals surface area contributed by atoms with Crippen molar-refractivity contribution in [3.8, 4) is 6.07 Å². The fourth-order valence-electron chi connectivity index (χ4n) is 1.55. The number of carbonyl (C=O) groups excluding carboxylic acids is 2.